The zero-order valence-electron chi connectivity index (χ0n) is 10.9. The molecule has 2 unspecified atom stereocenters. The van der Waals surface area contributed by atoms with Crippen molar-refractivity contribution in [2.75, 3.05) is 0 Å². The van der Waals surface area contributed by atoms with Gasteiger partial charge in [-0.05, 0) is 37.7 Å². The molecule has 1 N–H and O–H groups in total. The second-order valence-corrected chi connectivity index (χ2v) is 5.30. The van der Waals surface area contributed by atoms with E-state index in [2.05, 4.69) is 11.9 Å². The van der Waals surface area contributed by atoms with Crippen LogP contribution in [0.5, 0.6) is 5.88 Å². The summed E-state index contributed by atoms with van der Waals surface area (Å²) < 4.78 is 5.87. The van der Waals surface area contributed by atoms with Gasteiger partial charge < -0.3 is 9.84 Å². The predicted molar refractivity (Wildman–Crippen MR) is 72.9 cm³/mol. The molecule has 0 aliphatic heterocycles. The zero-order chi connectivity index (χ0) is 13.8. The number of ether oxygens (including phenoxy) is 1. The Morgan fingerprint density at radius 3 is 2.89 bits per heavy atom. The summed E-state index contributed by atoms with van der Waals surface area (Å²) in [7, 11) is 0. The molecule has 4 nitrogen and oxygen atoms in total. The van der Waals surface area contributed by atoms with Crippen LogP contribution in [0.2, 0.25) is 5.02 Å². The van der Waals surface area contributed by atoms with E-state index in [1.165, 1.54) is 18.9 Å². The number of aromatic carboxylic acids is 1. The number of nitrogens with zero attached hydrogens (tertiary/aromatic N) is 1. The van der Waals surface area contributed by atoms with Crippen molar-refractivity contribution in [3.8, 4) is 5.88 Å². The topological polar surface area (TPSA) is 59.4 Å². The van der Waals surface area contributed by atoms with Gasteiger partial charge in [-0.2, -0.15) is 0 Å². The highest BCUT2D eigenvalue weighted by Gasteiger charge is 2.26. The van der Waals surface area contributed by atoms with Crippen molar-refractivity contribution in [2.45, 2.75) is 45.1 Å². The molecule has 104 valence electrons. The van der Waals surface area contributed by atoms with Gasteiger partial charge in [-0.25, -0.2) is 9.78 Å². The van der Waals surface area contributed by atoms with Crippen LogP contribution in [0.4, 0.5) is 0 Å². The third-order valence-electron chi connectivity index (χ3n) is 3.66. The first kappa shape index (κ1) is 14.1. The van der Waals surface area contributed by atoms with Gasteiger partial charge in [0.2, 0.25) is 5.88 Å². The molecule has 1 aromatic rings. The summed E-state index contributed by atoms with van der Waals surface area (Å²) in [6.45, 7) is 2.16. The monoisotopic (exact) mass is 283 g/mol. The number of rotatable bonds is 4. The molecule has 1 heterocycles. The summed E-state index contributed by atoms with van der Waals surface area (Å²) in [6, 6.07) is 3.16. The van der Waals surface area contributed by atoms with Crippen LogP contribution in [-0.2, 0) is 0 Å². The molecule has 0 aromatic carbocycles. The molecular weight excluding hydrogens is 266 g/mol. The fourth-order valence-corrected chi connectivity index (χ4v) is 2.78. The lowest BCUT2D eigenvalue weighted by Crippen LogP contribution is -2.30. The maximum Gasteiger partial charge on any atom is 0.356 e. The first-order valence-corrected chi connectivity index (χ1v) is 7.06. The SMILES string of the molecule is CCC1CCCCC1Oc1ccc(Cl)c(C(=O)O)n1. The molecule has 5 heteroatoms. The van der Waals surface area contributed by atoms with Gasteiger partial charge >= 0.3 is 5.97 Å². The Bertz CT molecular complexity index is 464. The van der Waals surface area contributed by atoms with Gasteiger partial charge in [0.25, 0.3) is 0 Å². The van der Waals surface area contributed by atoms with Crippen molar-refractivity contribution >= 4 is 17.6 Å². The second-order valence-electron chi connectivity index (χ2n) is 4.89. The number of aromatic nitrogens is 1. The van der Waals surface area contributed by atoms with Gasteiger partial charge in [0, 0.05) is 6.07 Å². The van der Waals surface area contributed by atoms with Crippen LogP contribution in [0.15, 0.2) is 12.1 Å². The lowest BCUT2D eigenvalue weighted by atomic mass is 9.85. The number of halogens is 1. The van der Waals surface area contributed by atoms with Crippen LogP contribution < -0.4 is 4.74 Å². The lowest BCUT2D eigenvalue weighted by molar-refractivity contribution is 0.0679. The Labute approximate surface area is 117 Å². The highest BCUT2D eigenvalue weighted by Crippen LogP contribution is 2.30. The van der Waals surface area contributed by atoms with Gasteiger partial charge in [-0.15, -0.1) is 0 Å². The molecule has 1 fully saturated rings. The standard InChI is InChI=1S/C14H18ClNO3/c1-2-9-5-3-4-6-11(9)19-12-8-7-10(15)13(16-12)14(17)18/h7-9,11H,2-6H2,1H3,(H,17,18). The quantitative estimate of drug-likeness (QED) is 0.913. The van der Waals surface area contributed by atoms with E-state index in [4.69, 9.17) is 21.4 Å². The van der Waals surface area contributed by atoms with E-state index in [0.717, 1.165) is 19.3 Å². The summed E-state index contributed by atoms with van der Waals surface area (Å²) in [5, 5.41) is 9.13. The van der Waals surface area contributed by atoms with E-state index in [1.807, 2.05) is 0 Å². The van der Waals surface area contributed by atoms with E-state index >= 15 is 0 Å². The van der Waals surface area contributed by atoms with Crippen LogP contribution in [0, 0.1) is 5.92 Å². The van der Waals surface area contributed by atoms with Gasteiger partial charge in [0.1, 0.15) is 6.10 Å². The largest absolute Gasteiger partial charge is 0.476 e. The molecule has 1 aliphatic rings. The summed E-state index contributed by atoms with van der Waals surface area (Å²) >= 11 is 5.79. The number of carboxylic acid groups (broad SMARTS) is 1. The fraction of sp³-hybridized carbons (Fsp3) is 0.571. The Hall–Kier alpha value is -1.29. The highest BCUT2D eigenvalue weighted by atomic mass is 35.5. The van der Waals surface area contributed by atoms with Crippen molar-refractivity contribution in [2.24, 2.45) is 5.92 Å². The number of carbonyl (C=O) groups is 1. The number of pyridine rings is 1. The van der Waals surface area contributed by atoms with E-state index in [0.29, 0.717) is 11.8 Å². The third-order valence-corrected chi connectivity index (χ3v) is 3.96. The van der Waals surface area contributed by atoms with Crippen molar-refractivity contribution in [3.05, 3.63) is 22.8 Å². The Kier molecular flexibility index (Phi) is 4.64. The number of carboxylic acids is 1. The predicted octanol–water partition coefficient (Wildman–Crippen LogP) is 3.78. The smallest absolute Gasteiger partial charge is 0.356 e. The van der Waals surface area contributed by atoms with Crippen molar-refractivity contribution in [3.63, 3.8) is 0 Å². The highest BCUT2D eigenvalue weighted by molar-refractivity contribution is 6.33. The molecule has 0 spiro atoms. The molecule has 1 aliphatic carbocycles. The maximum absolute atomic E-state index is 11.0. The minimum Gasteiger partial charge on any atom is -0.476 e. The van der Waals surface area contributed by atoms with E-state index in [-0.39, 0.29) is 16.8 Å². The molecule has 2 atom stereocenters. The van der Waals surface area contributed by atoms with Gasteiger partial charge in [-0.3, -0.25) is 0 Å². The third kappa shape index (κ3) is 3.38. The summed E-state index contributed by atoms with van der Waals surface area (Å²) in [6.07, 6.45) is 5.78. The Balaban J connectivity index is 2.14. The van der Waals surface area contributed by atoms with Crippen molar-refractivity contribution in [1.29, 1.82) is 0 Å². The van der Waals surface area contributed by atoms with Crippen LogP contribution in [0.25, 0.3) is 0 Å². The molecule has 19 heavy (non-hydrogen) atoms. The van der Waals surface area contributed by atoms with E-state index in [9.17, 15) is 4.79 Å². The molecule has 0 radical (unpaired) electrons. The van der Waals surface area contributed by atoms with Crippen molar-refractivity contribution in [1.82, 2.24) is 4.98 Å². The molecule has 2 rings (SSSR count). The fourth-order valence-electron chi connectivity index (χ4n) is 2.59. The van der Waals surface area contributed by atoms with Gasteiger partial charge in [0.15, 0.2) is 5.69 Å². The minimum absolute atomic E-state index is 0.133. The molecule has 0 saturated heterocycles. The van der Waals surface area contributed by atoms with Gasteiger partial charge in [0.05, 0.1) is 5.02 Å². The Morgan fingerprint density at radius 2 is 2.21 bits per heavy atom. The number of hydrogen-bond donors (Lipinski definition) is 1. The zero-order valence-corrected chi connectivity index (χ0v) is 11.7. The summed E-state index contributed by atoms with van der Waals surface area (Å²) in [5.74, 6) is -0.252. The maximum atomic E-state index is 11.0. The van der Waals surface area contributed by atoms with E-state index in [1.54, 1.807) is 6.07 Å². The molecule has 0 bridgehead atoms. The minimum atomic E-state index is -1.13. The molecule has 0 amide bonds. The van der Waals surface area contributed by atoms with Crippen LogP contribution in [0.3, 0.4) is 0 Å². The van der Waals surface area contributed by atoms with Crippen molar-refractivity contribution < 1.29 is 14.6 Å². The van der Waals surface area contributed by atoms with Crippen LogP contribution >= 0.6 is 11.6 Å². The molecule has 1 saturated carbocycles. The molecular formula is C14H18ClNO3. The normalized spacial score (nSPS) is 23.1. The molecule has 1 aromatic heterocycles. The van der Waals surface area contributed by atoms with Gasteiger partial charge in [-0.1, -0.05) is 24.9 Å². The van der Waals surface area contributed by atoms with Crippen LogP contribution in [-0.4, -0.2) is 22.2 Å². The number of hydrogen-bond acceptors (Lipinski definition) is 3. The first-order valence-electron chi connectivity index (χ1n) is 6.68. The van der Waals surface area contributed by atoms with Crippen LogP contribution in [0.1, 0.15) is 49.5 Å². The Morgan fingerprint density at radius 1 is 1.47 bits per heavy atom. The lowest BCUT2D eigenvalue weighted by Gasteiger charge is -2.30. The second kappa shape index (κ2) is 6.24. The van der Waals surface area contributed by atoms with E-state index < -0.39 is 5.97 Å². The average Bonchev–Trinajstić information content (AvgIpc) is 2.41. The first-order chi connectivity index (χ1) is 9.11. The average molecular weight is 284 g/mol. The summed E-state index contributed by atoms with van der Waals surface area (Å²) in [5.41, 5.74) is -0.150. The summed E-state index contributed by atoms with van der Waals surface area (Å²) in [4.78, 5) is 15.0.